The number of carboxylic acids is 1. The zero-order valence-electron chi connectivity index (χ0n) is 8.30. The molecule has 2 rings (SSSR count). The molecular formula is C10H12N2O2S. The summed E-state index contributed by atoms with van der Waals surface area (Å²) in [6.45, 7) is 2.01. The molecule has 0 aromatic carbocycles. The molecule has 1 fully saturated rings. The van der Waals surface area contributed by atoms with Crippen molar-refractivity contribution in [2.75, 3.05) is 5.75 Å². The van der Waals surface area contributed by atoms with Crippen LogP contribution < -0.4 is 5.32 Å². The Morgan fingerprint density at radius 1 is 1.73 bits per heavy atom. The maximum absolute atomic E-state index is 10.8. The first kappa shape index (κ1) is 10.4. The van der Waals surface area contributed by atoms with Gasteiger partial charge in [0.1, 0.15) is 6.04 Å². The minimum absolute atomic E-state index is 0.0554. The first-order valence-electron chi connectivity index (χ1n) is 4.69. The number of aliphatic carboxylic acids is 1. The first-order chi connectivity index (χ1) is 7.18. The molecule has 0 saturated carbocycles. The normalized spacial score (nSPS) is 25.4. The Balaban J connectivity index is 2.14. The van der Waals surface area contributed by atoms with Crippen molar-refractivity contribution in [1.82, 2.24) is 10.3 Å². The topological polar surface area (TPSA) is 62.2 Å². The molecule has 0 amide bonds. The van der Waals surface area contributed by atoms with Crippen molar-refractivity contribution in [1.29, 1.82) is 0 Å². The van der Waals surface area contributed by atoms with Gasteiger partial charge in [-0.2, -0.15) is 0 Å². The molecule has 2 N–H and O–H groups in total. The second-order valence-corrected chi connectivity index (χ2v) is 4.64. The van der Waals surface area contributed by atoms with E-state index in [0.717, 1.165) is 11.1 Å². The smallest absolute Gasteiger partial charge is 0.321 e. The summed E-state index contributed by atoms with van der Waals surface area (Å²) in [7, 11) is 0. The van der Waals surface area contributed by atoms with Gasteiger partial charge in [-0.1, -0.05) is 0 Å². The number of nitrogens with one attached hydrogen (secondary N) is 1. The molecule has 2 heterocycles. The molecule has 1 saturated heterocycles. The number of thioether (sulfide) groups is 1. The summed E-state index contributed by atoms with van der Waals surface area (Å²) in [5.41, 5.74) is 2.22. The maximum Gasteiger partial charge on any atom is 0.321 e. The minimum atomic E-state index is -0.786. The SMILES string of the molecule is Cc1ccncc1C1N[C@@H](C(=O)O)CS1. The Labute approximate surface area is 92.1 Å². The third-order valence-corrected chi connectivity index (χ3v) is 3.69. The molecule has 1 aliphatic rings. The quantitative estimate of drug-likeness (QED) is 0.789. The molecule has 0 aliphatic carbocycles. The number of rotatable bonds is 2. The van der Waals surface area contributed by atoms with Crippen LogP contribution in [0.1, 0.15) is 16.5 Å². The van der Waals surface area contributed by atoms with Gasteiger partial charge in [-0.05, 0) is 18.6 Å². The maximum atomic E-state index is 10.8. The van der Waals surface area contributed by atoms with E-state index in [1.165, 1.54) is 0 Å². The van der Waals surface area contributed by atoms with Crippen LogP contribution in [-0.2, 0) is 4.79 Å². The molecule has 80 valence electrons. The Kier molecular flexibility index (Phi) is 2.93. The van der Waals surface area contributed by atoms with Crippen LogP contribution >= 0.6 is 11.8 Å². The van der Waals surface area contributed by atoms with Gasteiger partial charge in [0.2, 0.25) is 0 Å². The summed E-state index contributed by atoms with van der Waals surface area (Å²) in [5, 5.41) is 12.0. The molecule has 1 aliphatic heterocycles. The average molecular weight is 224 g/mol. The van der Waals surface area contributed by atoms with Gasteiger partial charge in [-0.3, -0.25) is 15.1 Å². The van der Waals surface area contributed by atoms with Gasteiger partial charge in [0.15, 0.2) is 0 Å². The lowest BCUT2D eigenvalue weighted by Gasteiger charge is -2.12. The van der Waals surface area contributed by atoms with E-state index in [-0.39, 0.29) is 5.37 Å². The van der Waals surface area contributed by atoms with Gasteiger partial charge in [0, 0.05) is 23.7 Å². The fourth-order valence-corrected chi connectivity index (χ4v) is 2.85. The van der Waals surface area contributed by atoms with Gasteiger partial charge in [0.05, 0.1) is 5.37 Å². The third-order valence-electron chi connectivity index (χ3n) is 2.44. The number of pyridine rings is 1. The number of aromatic nitrogens is 1. The van der Waals surface area contributed by atoms with Crippen LogP contribution in [0.5, 0.6) is 0 Å². The molecule has 5 heteroatoms. The second kappa shape index (κ2) is 4.20. The number of carboxylic acid groups (broad SMARTS) is 1. The standard InChI is InChI=1S/C10H12N2O2S/c1-6-2-3-11-4-7(6)9-12-8(5-15-9)10(13)14/h2-4,8-9,12H,5H2,1H3,(H,13,14)/t8-,9?/m1/s1. The van der Waals surface area contributed by atoms with Gasteiger partial charge in [-0.15, -0.1) is 11.8 Å². The van der Waals surface area contributed by atoms with Crippen LogP contribution in [-0.4, -0.2) is 27.9 Å². The molecular weight excluding hydrogens is 212 g/mol. The van der Waals surface area contributed by atoms with Crippen molar-refractivity contribution in [3.05, 3.63) is 29.6 Å². The third kappa shape index (κ3) is 2.13. The van der Waals surface area contributed by atoms with Crippen molar-refractivity contribution in [2.45, 2.75) is 18.3 Å². The fraction of sp³-hybridized carbons (Fsp3) is 0.400. The van der Waals surface area contributed by atoms with Gasteiger partial charge >= 0.3 is 5.97 Å². The summed E-state index contributed by atoms with van der Waals surface area (Å²) in [5.74, 6) is -0.180. The fourth-order valence-electron chi connectivity index (χ4n) is 1.54. The van der Waals surface area contributed by atoms with E-state index in [2.05, 4.69) is 10.3 Å². The molecule has 1 aromatic heterocycles. The first-order valence-corrected chi connectivity index (χ1v) is 5.74. The lowest BCUT2D eigenvalue weighted by atomic mass is 10.1. The van der Waals surface area contributed by atoms with Crippen molar-refractivity contribution in [3.63, 3.8) is 0 Å². The zero-order chi connectivity index (χ0) is 10.8. The molecule has 4 nitrogen and oxygen atoms in total. The molecule has 0 bridgehead atoms. The van der Waals surface area contributed by atoms with Crippen LogP contribution in [0, 0.1) is 6.92 Å². The highest BCUT2D eigenvalue weighted by molar-refractivity contribution is 7.99. The van der Waals surface area contributed by atoms with Crippen LogP contribution in [0.15, 0.2) is 18.5 Å². The second-order valence-electron chi connectivity index (χ2n) is 3.50. The number of aryl methyl sites for hydroxylation is 1. The number of hydrogen-bond acceptors (Lipinski definition) is 4. The van der Waals surface area contributed by atoms with E-state index >= 15 is 0 Å². The lowest BCUT2D eigenvalue weighted by molar-refractivity contribution is -0.138. The summed E-state index contributed by atoms with van der Waals surface area (Å²) >= 11 is 1.61. The van der Waals surface area contributed by atoms with Gasteiger partial charge < -0.3 is 5.11 Å². The Hall–Kier alpha value is -1.07. The number of carbonyl (C=O) groups is 1. The zero-order valence-corrected chi connectivity index (χ0v) is 9.12. The van der Waals surface area contributed by atoms with Gasteiger partial charge in [-0.25, -0.2) is 0 Å². The van der Waals surface area contributed by atoms with Crippen LogP contribution in [0.25, 0.3) is 0 Å². The highest BCUT2D eigenvalue weighted by Crippen LogP contribution is 2.33. The van der Waals surface area contributed by atoms with Crippen molar-refractivity contribution >= 4 is 17.7 Å². The Morgan fingerprint density at radius 2 is 2.53 bits per heavy atom. The summed E-state index contributed by atoms with van der Waals surface area (Å²) in [6.07, 6.45) is 3.54. The highest BCUT2D eigenvalue weighted by atomic mass is 32.2. The summed E-state index contributed by atoms with van der Waals surface area (Å²) in [6, 6.07) is 1.49. The van der Waals surface area contributed by atoms with E-state index in [9.17, 15) is 4.79 Å². The predicted molar refractivity (Wildman–Crippen MR) is 58.7 cm³/mol. The summed E-state index contributed by atoms with van der Waals surface area (Å²) in [4.78, 5) is 14.8. The highest BCUT2D eigenvalue weighted by Gasteiger charge is 2.30. The van der Waals surface area contributed by atoms with E-state index in [0.29, 0.717) is 5.75 Å². The van der Waals surface area contributed by atoms with E-state index in [1.54, 1.807) is 24.2 Å². The minimum Gasteiger partial charge on any atom is -0.480 e. The van der Waals surface area contributed by atoms with Crippen molar-refractivity contribution in [2.24, 2.45) is 0 Å². The van der Waals surface area contributed by atoms with E-state index < -0.39 is 12.0 Å². The number of nitrogens with zero attached hydrogens (tertiary/aromatic N) is 1. The lowest BCUT2D eigenvalue weighted by Crippen LogP contribution is -2.33. The molecule has 0 radical (unpaired) electrons. The molecule has 1 aromatic rings. The van der Waals surface area contributed by atoms with Crippen LogP contribution in [0.3, 0.4) is 0 Å². The summed E-state index contributed by atoms with van der Waals surface area (Å²) < 4.78 is 0. The Morgan fingerprint density at radius 3 is 3.13 bits per heavy atom. The van der Waals surface area contributed by atoms with Crippen LogP contribution in [0.2, 0.25) is 0 Å². The number of hydrogen-bond donors (Lipinski definition) is 2. The molecule has 2 atom stereocenters. The van der Waals surface area contributed by atoms with E-state index in [1.807, 2.05) is 13.0 Å². The average Bonchev–Trinajstić information content (AvgIpc) is 2.67. The van der Waals surface area contributed by atoms with E-state index in [4.69, 9.17) is 5.11 Å². The van der Waals surface area contributed by atoms with Gasteiger partial charge in [0.25, 0.3) is 0 Å². The van der Waals surface area contributed by atoms with Crippen molar-refractivity contribution < 1.29 is 9.90 Å². The largest absolute Gasteiger partial charge is 0.480 e. The van der Waals surface area contributed by atoms with Crippen LogP contribution in [0.4, 0.5) is 0 Å². The Bertz CT molecular complexity index is 383. The van der Waals surface area contributed by atoms with Crippen molar-refractivity contribution in [3.8, 4) is 0 Å². The molecule has 15 heavy (non-hydrogen) atoms. The molecule has 0 spiro atoms. The predicted octanol–water partition coefficient (Wildman–Crippen LogP) is 1.18. The molecule has 1 unspecified atom stereocenters. The monoisotopic (exact) mass is 224 g/mol.